The van der Waals surface area contributed by atoms with Gasteiger partial charge in [-0.05, 0) is 37.6 Å². The molecule has 1 atom stereocenters. The predicted octanol–water partition coefficient (Wildman–Crippen LogP) is 3.73. The van der Waals surface area contributed by atoms with Gasteiger partial charge in [-0.2, -0.15) is 0 Å². The molecule has 0 aliphatic carbocycles. The third-order valence-corrected chi connectivity index (χ3v) is 2.90. The Kier molecular flexibility index (Phi) is 4.34. The fourth-order valence-corrected chi connectivity index (χ4v) is 1.87. The van der Waals surface area contributed by atoms with Crippen LogP contribution in [0.5, 0.6) is 0 Å². The lowest BCUT2D eigenvalue weighted by atomic mass is 10.1. The van der Waals surface area contributed by atoms with Crippen LogP contribution < -0.4 is 5.32 Å². The van der Waals surface area contributed by atoms with Crippen LogP contribution in [0.3, 0.4) is 0 Å². The largest absolute Gasteiger partial charge is 0.423 e. The van der Waals surface area contributed by atoms with E-state index in [1.807, 2.05) is 24.3 Å². The van der Waals surface area contributed by atoms with E-state index in [0.717, 1.165) is 11.3 Å². The molecule has 0 bridgehead atoms. The Labute approximate surface area is 107 Å². The molecule has 0 saturated carbocycles. The lowest BCUT2D eigenvalue weighted by Gasteiger charge is -2.14. The Hall–Kier alpha value is -1.84. The van der Waals surface area contributed by atoms with Gasteiger partial charge in [0.25, 0.3) is 0 Å². The first kappa shape index (κ1) is 12.6. The third kappa shape index (κ3) is 3.32. The van der Waals surface area contributed by atoms with Gasteiger partial charge >= 0.3 is 0 Å². The first-order valence-corrected chi connectivity index (χ1v) is 6.42. The number of nitrogens with one attached hydrogen (secondary N) is 1. The van der Waals surface area contributed by atoms with E-state index in [-0.39, 0.29) is 0 Å². The number of aromatic nitrogens is 2. The molecule has 2 rings (SSSR count). The summed E-state index contributed by atoms with van der Waals surface area (Å²) < 4.78 is 5.15. The average Bonchev–Trinajstić information content (AvgIpc) is 2.91. The summed E-state index contributed by atoms with van der Waals surface area (Å²) in [4.78, 5) is 0. The van der Waals surface area contributed by atoms with Crippen LogP contribution >= 0.6 is 0 Å². The molecule has 1 aromatic heterocycles. The molecule has 0 fully saturated rings. The Bertz CT molecular complexity index is 450. The third-order valence-electron chi connectivity index (χ3n) is 2.90. The van der Waals surface area contributed by atoms with Crippen molar-refractivity contribution in [3.63, 3.8) is 0 Å². The van der Waals surface area contributed by atoms with E-state index < -0.39 is 0 Å². The van der Waals surface area contributed by atoms with E-state index in [1.54, 1.807) is 0 Å². The van der Waals surface area contributed by atoms with E-state index in [0.29, 0.717) is 11.9 Å². The van der Waals surface area contributed by atoms with Crippen molar-refractivity contribution < 1.29 is 4.42 Å². The molecule has 1 aromatic carbocycles. The Morgan fingerprint density at radius 1 is 1.28 bits per heavy atom. The smallest absolute Gasteiger partial charge is 0.247 e. The Balaban J connectivity index is 1.95. The maximum atomic E-state index is 5.15. The standard InChI is InChI=1S/C14H19N3O/c1-3-4-5-11(2)16-13-8-6-12(7-9-13)14-17-15-10-18-14/h6-11,16H,3-5H2,1-2H3. The van der Waals surface area contributed by atoms with Gasteiger partial charge in [0, 0.05) is 17.3 Å². The lowest BCUT2D eigenvalue weighted by molar-refractivity contribution is 0.568. The van der Waals surface area contributed by atoms with Gasteiger partial charge < -0.3 is 9.73 Å². The minimum Gasteiger partial charge on any atom is -0.423 e. The second kappa shape index (κ2) is 6.19. The quantitative estimate of drug-likeness (QED) is 0.842. The summed E-state index contributed by atoms with van der Waals surface area (Å²) in [6.07, 6.45) is 5.03. The molecular weight excluding hydrogens is 226 g/mol. The van der Waals surface area contributed by atoms with Crippen LogP contribution in [-0.2, 0) is 0 Å². The molecule has 0 saturated heterocycles. The second-order valence-electron chi connectivity index (χ2n) is 4.51. The minimum absolute atomic E-state index is 0.499. The molecule has 1 heterocycles. The molecular formula is C14H19N3O. The number of rotatable bonds is 6. The van der Waals surface area contributed by atoms with Crippen molar-refractivity contribution in [2.45, 2.75) is 39.2 Å². The first-order valence-electron chi connectivity index (χ1n) is 6.42. The molecule has 4 heteroatoms. The molecule has 0 aliphatic heterocycles. The fraction of sp³-hybridized carbons (Fsp3) is 0.429. The highest BCUT2D eigenvalue weighted by atomic mass is 16.4. The van der Waals surface area contributed by atoms with Crippen molar-refractivity contribution >= 4 is 5.69 Å². The van der Waals surface area contributed by atoms with E-state index in [9.17, 15) is 0 Å². The summed E-state index contributed by atoms with van der Waals surface area (Å²) >= 11 is 0. The average molecular weight is 245 g/mol. The fourth-order valence-electron chi connectivity index (χ4n) is 1.87. The van der Waals surface area contributed by atoms with Gasteiger partial charge in [-0.1, -0.05) is 19.8 Å². The monoisotopic (exact) mass is 245 g/mol. The van der Waals surface area contributed by atoms with Crippen molar-refractivity contribution in [2.24, 2.45) is 0 Å². The number of benzene rings is 1. The van der Waals surface area contributed by atoms with Gasteiger partial charge in [0.15, 0.2) is 0 Å². The summed E-state index contributed by atoms with van der Waals surface area (Å²) in [5, 5.41) is 11.0. The molecule has 0 spiro atoms. The summed E-state index contributed by atoms with van der Waals surface area (Å²) in [6, 6.07) is 8.56. The molecule has 1 N–H and O–H groups in total. The predicted molar refractivity (Wildman–Crippen MR) is 72.3 cm³/mol. The Morgan fingerprint density at radius 3 is 2.67 bits per heavy atom. The highest BCUT2D eigenvalue weighted by molar-refractivity contribution is 5.58. The first-order chi connectivity index (χ1) is 8.79. The van der Waals surface area contributed by atoms with E-state index in [2.05, 4.69) is 29.4 Å². The Morgan fingerprint density at radius 2 is 2.06 bits per heavy atom. The maximum Gasteiger partial charge on any atom is 0.247 e. The van der Waals surface area contributed by atoms with Crippen LogP contribution in [0.1, 0.15) is 33.1 Å². The van der Waals surface area contributed by atoms with Gasteiger partial charge in [-0.25, -0.2) is 0 Å². The SMILES string of the molecule is CCCCC(C)Nc1ccc(-c2nnco2)cc1. The van der Waals surface area contributed by atoms with E-state index in [1.165, 1.54) is 25.7 Å². The molecule has 2 aromatic rings. The van der Waals surface area contributed by atoms with Crippen LogP contribution in [0, 0.1) is 0 Å². The molecule has 96 valence electrons. The van der Waals surface area contributed by atoms with Crippen molar-refractivity contribution in [1.82, 2.24) is 10.2 Å². The number of hydrogen-bond donors (Lipinski definition) is 1. The normalized spacial score (nSPS) is 12.3. The van der Waals surface area contributed by atoms with Crippen LogP contribution in [0.4, 0.5) is 5.69 Å². The van der Waals surface area contributed by atoms with Crippen LogP contribution in [0.25, 0.3) is 11.5 Å². The molecule has 4 nitrogen and oxygen atoms in total. The van der Waals surface area contributed by atoms with Crippen LogP contribution in [0.2, 0.25) is 0 Å². The maximum absolute atomic E-state index is 5.15. The number of hydrogen-bond acceptors (Lipinski definition) is 4. The van der Waals surface area contributed by atoms with Gasteiger partial charge in [0.1, 0.15) is 0 Å². The second-order valence-corrected chi connectivity index (χ2v) is 4.51. The summed E-state index contributed by atoms with van der Waals surface area (Å²) in [7, 11) is 0. The van der Waals surface area contributed by atoms with Crippen molar-refractivity contribution in [3.8, 4) is 11.5 Å². The van der Waals surface area contributed by atoms with E-state index in [4.69, 9.17) is 4.42 Å². The zero-order chi connectivity index (χ0) is 12.8. The zero-order valence-electron chi connectivity index (χ0n) is 10.9. The van der Waals surface area contributed by atoms with Crippen LogP contribution in [0.15, 0.2) is 35.1 Å². The highest BCUT2D eigenvalue weighted by Crippen LogP contribution is 2.19. The molecule has 0 radical (unpaired) electrons. The molecule has 18 heavy (non-hydrogen) atoms. The summed E-state index contributed by atoms with van der Waals surface area (Å²) in [6.45, 7) is 4.42. The van der Waals surface area contributed by atoms with E-state index >= 15 is 0 Å². The van der Waals surface area contributed by atoms with Crippen molar-refractivity contribution in [3.05, 3.63) is 30.7 Å². The number of unbranched alkanes of at least 4 members (excludes halogenated alkanes) is 1. The van der Waals surface area contributed by atoms with Gasteiger partial charge in [0.2, 0.25) is 12.3 Å². The molecule has 0 aliphatic rings. The highest BCUT2D eigenvalue weighted by Gasteiger charge is 2.04. The number of anilines is 1. The topological polar surface area (TPSA) is 51.0 Å². The van der Waals surface area contributed by atoms with Crippen molar-refractivity contribution in [1.29, 1.82) is 0 Å². The van der Waals surface area contributed by atoms with Gasteiger partial charge in [-0.3, -0.25) is 0 Å². The summed E-state index contributed by atoms with van der Waals surface area (Å²) in [5.41, 5.74) is 2.07. The minimum atomic E-state index is 0.499. The molecule has 1 unspecified atom stereocenters. The lowest BCUT2D eigenvalue weighted by Crippen LogP contribution is -2.14. The van der Waals surface area contributed by atoms with Gasteiger partial charge in [0.05, 0.1) is 0 Å². The zero-order valence-corrected chi connectivity index (χ0v) is 10.9. The van der Waals surface area contributed by atoms with Crippen molar-refractivity contribution in [2.75, 3.05) is 5.32 Å². The molecule has 0 amide bonds. The van der Waals surface area contributed by atoms with Crippen LogP contribution in [-0.4, -0.2) is 16.2 Å². The van der Waals surface area contributed by atoms with Gasteiger partial charge in [-0.15, -0.1) is 10.2 Å². The summed E-state index contributed by atoms with van der Waals surface area (Å²) in [5.74, 6) is 0.556. The number of nitrogens with zero attached hydrogens (tertiary/aromatic N) is 2.